The number of nitrogens with zero attached hydrogens (tertiary/aromatic N) is 2. The van der Waals surface area contributed by atoms with Crippen molar-refractivity contribution in [2.24, 2.45) is 10.2 Å². The van der Waals surface area contributed by atoms with E-state index in [4.69, 9.17) is 5.11 Å². The first-order chi connectivity index (χ1) is 9.54. The number of hydrogen-bond acceptors (Lipinski definition) is 5. The SMILES string of the molecule is O=C(O)C[C@H]1S/C(=N\N=C\c2ccc(Br)cc2)NC1=O. The molecule has 0 bridgehead atoms. The topological polar surface area (TPSA) is 91.1 Å². The van der Waals surface area contributed by atoms with E-state index < -0.39 is 11.2 Å². The zero-order valence-corrected chi connectivity index (χ0v) is 12.5. The molecule has 0 radical (unpaired) electrons. The van der Waals surface area contributed by atoms with E-state index >= 15 is 0 Å². The van der Waals surface area contributed by atoms with Crippen LogP contribution in [0.5, 0.6) is 0 Å². The van der Waals surface area contributed by atoms with Gasteiger partial charge in [0.15, 0.2) is 5.17 Å². The van der Waals surface area contributed by atoms with Crippen LogP contribution < -0.4 is 5.32 Å². The van der Waals surface area contributed by atoms with Crippen molar-refractivity contribution in [1.82, 2.24) is 5.32 Å². The van der Waals surface area contributed by atoms with Gasteiger partial charge in [-0.05, 0) is 17.7 Å². The third-order valence-electron chi connectivity index (χ3n) is 2.36. The Balaban J connectivity index is 1.97. The molecule has 2 N–H and O–H groups in total. The molecule has 1 saturated heterocycles. The highest BCUT2D eigenvalue weighted by atomic mass is 79.9. The van der Waals surface area contributed by atoms with Gasteiger partial charge in [0, 0.05) is 4.47 Å². The van der Waals surface area contributed by atoms with Crippen LogP contribution in [0.25, 0.3) is 0 Å². The van der Waals surface area contributed by atoms with Gasteiger partial charge in [0.25, 0.3) is 0 Å². The lowest BCUT2D eigenvalue weighted by Gasteiger charge is -1.97. The van der Waals surface area contributed by atoms with E-state index in [-0.39, 0.29) is 12.3 Å². The summed E-state index contributed by atoms with van der Waals surface area (Å²) >= 11 is 4.40. The fourth-order valence-electron chi connectivity index (χ4n) is 1.44. The summed E-state index contributed by atoms with van der Waals surface area (Å²) in [4.78, 5) is 22.0. The Morgan fingerprint density at radius 3 is 2.80 bits per heavy atom. The third kappa shape index (κ3) is 4.17. The van der Waals surface area contributed by atoms with Gasteiger partial charge in [0.1, 0.15) is 5.25 Å². The third-order valence-corrected chi connectivity index (χ3v) is 3.96. The number of carbonyl (C=O) groups is 2. The average molecular weight is 356 g/mol. The van der Waals surface area contributed by atoms with Crippen molar-refractivity contribution in [3.63, 3.8) is 0 Å². The number of amides is 1. The van der Waals surface area contributed by atoms with Crippen LogP contribution in [0.4, 0.5) is 0 Å². The predicted molar refractivity (Wildman–Crippen MR) is 80.9 cm³/mol. The lowest BCUT2D eigenvalue weighted by Crippen LogP contribution is -2.26. The Hall–Kier alpha value is -1.67. The standard InChI is InChI=1S/C12H10BrN3O3S/c13-8-3-1-7(2-4-8)6-14-16-12-15-11(19)9(20-12)5-10(17)18/h1-4,6,9H,5H2,(H,17,18)(H,15,16,19)/b14-6+/t9-/m1/s1. The number of halogens is 1. The normalized spacial score (nSPS) is 20.6. The molecule has 1 fully saturated rings. The van der Waals surface area contributed by atoms with Gasteiger partial charge in [-0.3, -0.25) is 9.59 Å². The molecule has 2 rings (SSSR count). The number of thioether (sulfide) groups is 1. The first-order valence-electron chi connectivity index (χ1n) is 5.60. The van der Waals surface area contributed by atoms with Crippen LogP contribution >= 0.6 is 27.7 Å². The molecule has 0 unspecified atom stereocenters. The molecule has 1 atom stereocenters. The second-order valence-electron chi connectivity index (χ2n) is 3.89. The number of aliphatic carboxylic acids is 1. The van der Waals surface area contributed by atoms with Crippen molar-refractivity contribution in [3.05, 3.63) is 34.3 Å². The van der Waals surface area contributed by atoms with E-state index in [1.165, 1.54) is 0 Å². The van der Waals surface area contributed by atoms with Crippen LogP contribution in [0.15, 0.2) is 38.9 Å². The summed E-state index contributed by atoms with van der Waals surface area (Å²) in [7, 11) is 0. The summed E-state index contributed by atoms with van der Waals surface area (Å²) < 4.78 is 0.969. The molecule has 0 aromatic heterocycles. The molecule has 1 aliphatic heterocycles. The minimum absolute atomic E-state index is 0.230. The molecule has 0 aliphatic carbocycles. The lowest BCUT2D eigenvalue weighted by atomic mass is 10.2. The summed E-state index contributed by atoms with van der Waals surface area (Å²) in [6, 6.07) is 7.48. The van der Waals surface area contributed by atoms with E-state index in [1.54, 1.807) is 6.21 Å². The molecule has 1 aliphatic rings. The van der Waals surface area contributed by atoms with Gasteiger partial charge in [-0.2, -0.15) is 5.10 Å². The molecule has 0 saturated carbocycles. The van der Waals surface area contributed by atoms with Gasteiger partial charge in [-0.1, -0.05) is 39.8 Å². The predicted octanol–water partition coefficient (Wildman–Crippen LogP) is 1.85. The van der Waals surface area contributed by atoms with Crippen molar-refractivity contribution in [1.29, 1.82) is 0 Å². The van der Waals surface area contributed by atoms with Crippen molar-refractivity contribution in [2.75, 3.05) is 0 Å². The minimum atomic E-state index is -1.02. The molecular formula is C12H10BrN3O3S. The molecule has 20 heavy (non-hydrogen) atoms. The van der Waals surface area contributed by atoms with Gasteiger partial charge < -0.3 is 10.4 Å². The van der Waals surface area contributed by atoms with Crippen LogP contribution in [0, 0.1) is 0 Å². The summed E-state index contributed by atoms with van der Waals surface area (Å²) in [6.45, 7) is 0. The highest BCUT2D eigenvalue weighted by Crippen LogP contribution is 2.22. The first-order valence-corrected chi connectivity index (χ1v) is 7.28. The highest BCUT2D eigenvalue weighted by Gasteiger charge is 2.32. The van der Waals surface area contributed by atoms with Crippen molar-refractivity contribution >= 4 is 51.0 Å². The number of nitrogens with one attached hydrogen (secondary N) is 1. The minimum Gasteiger partial charge on any atom is -0.481 e. The number of rotatable bonds is 4. The van der Waals surface area contributed by atoms with E-state index in [0.717, 1.165) is 21.8 Å². The molecule has 6 nitrogen and oxygen atoms in total. The van der Waals surface area contributed by atoms with Gasteiger partial charge in [-0.25, -0.2) is 0 Å². The summed E-state index contributed by atoms with van der Waals surface area (Å²) in [5.41, 5.74) is 0.869. The maximum absolute atomic E-state index is 11.5. The van der Waals surface area contributed by atoms with Gasteiger partial charge in [-0.15, -0.1) is 5.10 Å². The van der Waals surface area contributed by atoms with Crippen LogP contribution in [-0.2, 0) is 9.59 Å². The van der Waals surface area contributed by atoms with E-state index in [2.05, 4.69) is 31.4 Å². The number of carboxylic acids is 1. The number of carbonyl (C=O) groups excluding carboxylic acids is 1. The van der Waals surface area contributed by atoms with Crippen LogP contribution in [0.3, 0.4) is 0 Å². The molecule has 1 aromatic rings. The maximum atomic E-state index is 11.5. The molecule has 8 heteroatoms. The van der Waals surface area contributed by atoms with E-state index in [0.29, 0.717) is 5.17 Å². The molecule has 0 spiro atoms. The van der Waals surface area contributed by atoms with Gasteiger partial charge in [0.2, 0.25) is 5.91 Å². The number of benzene rings is 1. The van der Waals surface area contributed by atoms with E-state index in [9.17, 15) is 9.59 Å². The fraction of sp³-hybridized carbons (Fsp3) is 0.167. The zero-order chi connectivity index (χ0) is 14.5. The Morgan fingerprint density at radius 2 is 2.15 bits per heavy atom. The molecule has 1 aromatic carbocycles. The Kier molecular flexibility index (Phi) is 4.91. The molecule has 1 amide bonds. The average Bonchev–Trinajstić information content (AvgIpc) is 2.72. The smallest absolute Gasteiger partial charge is 0.305 e. The monoisotopic (exact) mass is 355 g/mol. The number of amidine groups is 1. The van der Waals surface area contributed by atoms with E-state index in [1.807, 2.05) is 24.3 Å². The quantitative estimate of drug-likeness (QED) is 0.636. The summed E-state index contributed by atoms with van der Waals surface area (Å²) in [6.07, 6.45) is 1.32. The van der Waals surface area contributed by atoms with Crippen molar-refractivity contribution in [3.8, 4) is 0 Å². The van der Waals surface area contributed by atoms with Crippen molar-refractivity contribution in [2.45, 2.75) is 11.7 Å². The summed E-state index contributed by atoms with van der Waals surface area (Å²) in [5.74, 6) is -1.37. The first kappa shape index (κ1) is 14.7. The molecule has 104 valence electrons. The Morgan fingerprint density at radius 1 is 1.45 bits per heavy atom. The van der Waals surface area contributed by atoms with Crippen LogP contribution in [0.2, 0.25) is 0 Å². The highest BCUT2D eigenvalue weighted by molar-refractivity contribution is 9.10. The molecular weight excluding hydrogens is 346 g/mol. The van der Waals surface area contributed by atoms with Gasteiger partial charge >= 0.3 is 5.97 Å². The van der Waals surface area contributed by atoms with Crippen molar-refractivity contribution < 1.29 is 14.7 Å². The Labute approximate surface area is 127 Å². The maximum Gasteiger partial charge on any atom is 0.305 e. The lowest BCUT2D eigenvalue weighted by molar-refractivity contribution is -0.138. The van der Waals surface area contributed by atoms with Crippen LogP contribution in [-0.4, -0.2) is 33.6 Å². The summed E-state index contributed by atoms with van der Waals surface area (Å²) in [5, 5.41) is 18.5. The number of hydrogen-bond donors (Lipinski definition) is 2. The largest absolute Gasteiger partial charge is 0.481 e. The molecule has 1 heterocycles. The van der Waals surface area contributed by atoms with Gasteiger partial charge in [0.05, 0.1) is 12.6 Å². The second kappa shape index (κ2) is 6.67. The Bertz CT molecular complexity index is 586. The number of carboxylic acid groups (broad SMARTS) is 1. The second-order valence-corrected chi connectivity index (χ2v) is 6.00. The van der Waals surface area contributed by atoms with Crippen LogP contribution in [0.1, 0.15) is 12.0 Å². The fourth-order valence-corrected chi connectivity index (χ4v) is 2.62. The zero-order valence-electron chi connectivity index (χ0n) is 10.1.